The maximum Gasteiger partial charge on any atom is 0.251 e. The molecule has 1 aliphatic rings. The number of benzene rings is 1. The summed E-state index contributed by atoms with van der Waals surface area (Å²) >= 11 is 1.32. The quantitative estimate of drug-likeness (QED) is 0.728. The number of thiophene rings is 1. The molecule has 27 heavy (non-hydrogen) atoms. The lowest BCUT2D eigenvalue weighted by Crippen LogP contribution is -2.47. The molecule has 6 nitrogen and oxygen atoms in total. The molecule has 0 aliphatic carbocycles. The van der Waals surface area contributed by atoms with Crippen LogP contribution in [-0.2, 0) is 11.2 Å². The molecule has 1 aromatic carbocycles. The number of amides is 2. The standard InChI is InChI=1S/C20H26N4O2S/c21-19(26)17-8-15-27-20(17)22-18(25)7-10-24-13-11-23(12-14-24)9-6-16-4-2-1-3-5-16/h1-5,8,15H,6-7,9-14H2,(H2,21,26)(H,22,25). The number of rotatable bonds is 8. The van der Waals surface area contributed by atoms with E-state index < -0.39 is 5.91 Å². The van der Waals surface area contributed by atoms with Gasteiger partial charge in [-0.05, 0) is 23.4 Å². The number of anilines is 1. The third kappa shape index (κ3) is 5.89. The summed E-state index contributed by atoms with van der Waals surface area (Å²) in [5.74, 6) is -0.593. The second-order valence-electron chi connectivity index (χ2n) is 6.74. The molecular formula is C20H26N4O2S. The first-order valence-electron chi connectivity index (χ1n) is 9.27. The van der Waals surface area contributed by atoms with Crippen LogP contribution in [0.2, 0.25) is 0 Å². The van der Waals surface area contributed by atoms with Gasteiger partial charge in [0.1, 0.15) is 5.00 Å². The average Bonchev–Trinajstić information content (AvgIpc) is 3.15. The fourth-order valence-corrected chi connectivity index (χ4v) is 4.03. The van der Waals surface area contributed by atoms with E-state index in [9.17, 15) is 9.59 Å². The second kappa shape index (κ2) is 9.64. The predicted octanol–water partition coefficient (Wildman–Crippen LogP) is 2.04. The van der Waals surface area contributed by atoms with E-state index in [1.807, 2.05) is 6.07 Å². The molecule has 7 heteroatoms. The first kappa shape index (κ1) is 19.5. The summed E-state index contributed by atoms with van der Waals surface area (Å²) in [6, 6.07) is 12.2. The van der Waals surface area contributed by atoms with Crippen molar-refractivity contribution in [1.29, 1.82) is 0 Å². The van der Waals surface area contributed by atoms with Gasteiger partial charge in [0.15, 0.2) is 0 Å². The number of carbonyl (C=O) groups is 2. The van der Waals surface area contributed by atoms with Crippen LogP contribution in [-0.4, -0.2) is 60.9 Å². The molecule has 3 N–H and O–H groups in total. The number of nitrogens with two attached hydrogens (primary N) is 1. The number of primary amides is 1. The van der Waals surface area contributed by atoms with Crippen molar-refractivity contribution >= 4 is 28.2 Å². The van der Waals surface area contributed by atoms with Gasteiger partial charge in [-0.2, -0.15) is 0 Å². The highest BCUT2D eigenvalue weighted by Gasteiger charge is 2.18. The topological polar surface area (TPSA) is 78.7 Å². The minimum Gasteiger partial charge on any atom is -0.366 e. The van der Waals surface area contributed by atoms with E-state index in [2.05, 4.69) is 39.4 Å². The van der Waals surface area contributed by atoms with Crippen LogP contribution < -0.4 is 11.1 Å². The van der Waals surface area contributed by atoms with Gasteiger partial charge in [0.05, 0.1) is 5.56 Å². The highest BCUT2D eigenvalue weighted by Crippen LogP contribution is 2.22. The van der Waals surface area contributed by atoms with E-state index in [1.54, 1.807) is 11.4 Å². The number of hydrogen-bond donors (Lipinski definition) is 2. The van der Waals surface area contributed by atoms with Crippen LogP contribution in [0.5, 0.6) is 0 Å². The Morgan fingerprint density at radius 3 is 2.33 bits per heavy atom. The van der Waals surface area contributed by atoms with E-state index in [4.69, 9.17) is 5.73 Å². The molecule has 0 saturated carbocycles. The lowest BCUT2D eigenvalue weighted by Gasteiger charge is -2.34. The summed E-state index contributed by atoms with van der Waals surface area (Å²) in [7, 11) is 0. The predicted molar refractivity (Wildman–Crippen MR) is 109 cm³/mol. The van der Waals surface area contributed by atoms with Crippen molar-refractivity contribution < 1.29 is 9.59 Å². The van der Waals surface area contributed by atoms with Crippen LogP contribution in [0.25, 0.3) is 0 Å². The number of carbonyl (C=O) groups excluding carboxylic acids is 2. The molecule has 144 valence electrons. The van der Waals surface area contributed by atoms with Crippen molar-refractivity contribution in [3.05, 3.63) is 52.9 Å². The Hall–Kier alpha value is -2.22. The van der Waals surface area contributed by atoms with Gasteiger partial charge in [0.25, 0.3) is 5.91 Å². The van der Waals surface area contributed by atoms with Gasteiger partial charge in [0, 0.05) is 45.7 Å². The Kier molecular flexibility index (Phi) is 6.98. The first-order chi connectivity index (χ1) is 13.1. The van der Waals surface area contributed by atoms with Gasteiger partial charge >= 0.3 is 0 Å². The van der Waals surface area contributed by atoms with E-state index in [0.717, 1.165) is 45.7 Å². The molecule has 2 amide bonds. The Morgan fingerprint density at radius 1 is 1.00 bits per heavy atom. The molecule has 3 rings (SSSR count). The normalized spacial score (nSPS) is 15.6. The van der Waals surface area contributed by atoms with Crippen molar-refractivity contribution in [3.63, 3.8) is 0 Å². The second-order valence-corrected chi connectivity index (χ2v) is 7.66. The van der Waals surface area contributed by atoms with Crippen molar-refractivity contribution in [2.75, 3.05) is 44.6 Å². The van der Waals surface area contributed by atoms with Crippen molar-refractivity contribution in [1.82, 2.24) is 9.80 Å². The molecular weight excluding hydrogens is 360 g/mol. The van der Waals surface area contributed by atoms with Gasteiger partial charge in [-0.25, -0.2) is 0 Å². The van der Waals surface area contributed by atoms with E-state index >= 15 is 0 Å². The molecule has 1 fully saturated rings. The molecule has 0 atom stereocenters. The Morgan fingerprint density at radius 2 is 1.67 bits per heavy atom. The third-order valence-corrected chi connectivity index (χ3v) is 5.69. The fraction of sp³-hybridized carbons (Fsp3) is 0.400. The summed E-state index contributed by atoms with van der Waals surface area (Å²) in [4.78, 5) is 28.3. The molecule has 2 aromatic rings. The van der Waals surface area contributed by atoms with Crippen molar-refractivity contribution in [2.24, 2.45) is 5.73 Å². The monoisotopic (exact) mass is 386 g/mol. The highest BCUT2D eigenvalue weighted by molar-refractivity contribution is 7.14. The molecule has 1 saturated heterocycles. The zero-order chi connectivity index (χ0) is 19.1. The zero-order valence-corrected chi connectivity index (χ0v) is 16.2. The summed E-state index contributed by atoms with van der Waals surface area (Å²) in [6.45, 7) is 5.83. The summed E-state index contributed by atoms with van der Waals surface area (Å²) in [6.07, 6.45) is 1.49. The van der Waals surface area contributed by atoms with E-state index in [-0.39, 0.29) is 5.91 Å². The number of nitrogens with zero attached hydrogens (tertiary/aromatic N) is 2. The smallest absolute Gasteiger partial charge is 0.251 e. The van der Waals surface area contributed by atoms with Gasteiger partial charge in [0.2, 0.25) is 5.91 Å². The van der Waals surface area contributed by atoms with Gasteiger partial charge in [-0.3, -0.25) is 9.59 Å². The highest BCUT2D eigenvalue weighted by atomic mass is 32.1. The number of hydrogen-bond acceptors (Lipinski definition) is 5. The molecule has 0 radical (unpaired) electrons. The minimum absolute atomic E-state index is 0.0774. The van der Waals surface area contributed by atoms with Gasteiger partial charge in [-0.1, -0.05) is 30.3 Å². The van der Waals surface area contributed by atoms with Crippen LogP contribution >= 0.6 is 11.3 Å². The summed E-state index contributed by atoms with van der Waals surface area (Å²) in [5, 5.41) is 5.09. The van der Waals surface area contributed by atoms with Gasteiger partial charge < -0.3 is 20.9 Å². The Bertz CT molecular complexity index is 754. The van der Waals surface area contributed by atoms with Crippen LogP contribution in [0, 0.1) is 0 Å². The van der Waals surface area contributed by atoms with Crippen LogP contribution in [0.3, 0.4) is 0 Å². The molecule has 1 aliphatic heterocycles. The lowest BCUT2D eigenvalue weighted by molar-refractivity contribution is -0.116. The molecule has 0 unspecified atom stereocenters. The Balaban J connectivity index is 1.35. The number of piperazine rings is 1. The van der Waals surface area contributed by atoms with Crippen LogP contribution in [0.4, 0.5) is 5.00 Å². The van der Waals surface area contributed by atoms with Crippen molar-refractivity contribution in [2.45, 2.75) is 12.8 Å². The minimum atomic E-state index is -0.516. The van der Waals surface area contributed by atoms with E-state index in [0.29, 0.717) is 17.0 Å². The third-order valence-electron chi connectivity index (χ3n) is 4.86. The van der Waals surface area contributed by atoms with Crippen molar-refractivity contribution in [3.8, 4) is 0 Å². The first-order valence-corrected chi connectivity index (χ1v) is 10.2. The largest absolute Gasteiger partial charge is 0.366 e. The van der Waals surface area contributed by atoms with Crippen LogP contribution in [0.1, 0.15) is 22.3 Å². The fourth-order valence-electron chi connectivity index (χ4n) is 3.22. The maximum absolute atomic E-state index is 12.2. The zero-order valence-electron chi connectivity index (χ0n) is 15.4. The molecule has 0 spiro atoms. The average molecular weight is 387 g/mol. The summed E-state index contributed by atoms with van der Waals surface area (Å²) in [5.41, 5.74) is 7.05. The Labute approximate surface area is 164 Å². The summed E-state index contributed by atoms with van der Waals surface area (Å²) < 4.78 is 0. The molecule has 0 bridgehead atoms. The SMILES string of the molecule is NC(=O)c1ccsc1NC(=O)CCN1CCN(CCc2ccccc2)CC1. The van der Waals surface area contributed by atoms with Crippen LogP contribution in [0.15, 0.2) is 41.8 Å². The maximum atomic E-state index is 12.2. The molecule has 1 aromatic heterocycles. The van der Waals surface area contributed by atoms with Gasteiger partial charge in [-0.15, -0.1) is 11.3 Å². The van der Waals surface area contributed by atoms with E-state index in [1.165, 1.54) is 16.9 Å². The lowest BCUT2D eigenvalue weighted by atomic mass is 10.1. The molecule has 2 heterocycles. The number of nitrogens with one attached hydrogen (secondary N) is 1.